The minimum atomic E-state index is -3.21. The van der Waals surface area contributed by atoms with Crippen LogP contribution in [0.2, 0.25) is 0 Å². The van der Waals surface area contributed by atoms with E-state index in [1.807, 2.05) is 0 Å². The molecule has 0 aliphatic rings. The van der Waals surface area contributed by atoms with E-state index in [2.05, 4.69) is 10.4 Å². The lowest BCUT2D eigenvalue weighted by Crippen LogP contribution is -2.29. The Hall–Kier alpha value is -3.63. The first-order valence-corrected chi connectivity index (χ1v) is 10.4. The fourth-order valence-electron chi connectivity index (χ4n) is 3.42. The second kappa shape index (κ2) is 10.1. The summed E-state index contributed by atoms with van der Waals surface area (Å²) in [6.45, 7) is 5.20. The molecule has 34 heavy (non-hydrogen) atoms. The molecule has 0 aliphatic carbocycles. The van der Waals surface area contributed by atoms with Gasteiger partial charge in [0.15, 0.2) is 6.10 Å². The standard InChI is InChI=1S/C23H24F4N4O3/c1-12(2)30-14(4)29-31(23(30)33)18-10-19(34-20(11-24)21(26)27)15(9-16(18)25)22(32)28-17-8-6-5-7-13(17)3/h5-10,12,20-21H,11H2,1-4H3,(H,28,32)/t20-/m0/s1. The van der Waals surface area contributed by atoms with E-state index in [1.165, 1.54) is 4.57 Å². The number of amides is 1. The molecule has 11 heteroatoms. The van der Waals surface area contributed by atoms with Crippen LogP contribution in [-0.2, 0) is 0 Å². The number of carbonyl (C=O) groups is 1. The molecule has 1 aromatic heterocycles. The van der Waals surface area contributed by atoms with Gasteiger partial charge in [-0.1, -0.05) is 18.2 Å². The number of para-hydroxylation sites is 1. The quantitative estimate of drug-likeness (QED) is 0.478. The van der Waals surface area contributed by atoms with Gasteiger partial charge >= 0.3 is 5.69 Å². The predicted octanol–water partition coefficient (Wildman–Crippen LogP) is 4.61. The maximum atomic E-state index is 15.1. The molecule has 0 saturated carbocycles. The van der Waals surface area contributed by atoms with Crippen LogP contribution >= 0.6 is 0 Å². The number of aromatic nitrogens is 3. The predicted molar refractivity (Wildman–Crippen MR) is 118 cm³/mol. The highest BCUT2D eigenvalue weighted by Gasteiger charge is 2.27. The number of hydrogen-bond donors (Lipinski definition) is 1. The van der Waals surface area contributed by atoms with Gasteiger partial charge in [-0.3, -0.25) is 9.36 Å². The van der Waals surface area contributed by atoms with E-state index < -0.39 is 53.6 Å². The van der Waals surface area contributed by atoms with E-state index in [-0.39, 0.29) is 11.9 Å². The Morgan fingerprint density at radius 3 is 2.41 bits per heavy atom. The molecule has 0 radical (unpaired) electrons. The van der Waals surface area contributed by atoms with E-state index in [4.69, 9.17) is 4.74 Å². The zero-order valence-corrected chi connectivity index (χ0v) is 19.0. The molecule has 182 valence electrons. The normalized spacial score (nSPS) is 12.3. The third-order valence-electron chi connectivity index (χ3n) is 5.12. The van der Waals surface area contributed by atoms with E-state index in [0.717, 1.165) is 16.8 Å². The largest absolute Gasteiger partial charge is 0.481 e. The highest BCUT2D eigenvalue weighted by atomic mass is 19.3. The Morgan fingerprint density at radius 1 is 1.18 bits per heavy atom. The smallest absolute Gasteiger partial charge is 0.351 e. The number of aryl methyl sites for hydroxylation is 2. The topological polar surface area (TPSA) is 78.2 Å². The fraction of sp³-hybridized carbons (Fsp3) is 0.348. The summed E-state index contributed by atoms with van der Waals surface area (Å²) in [4.78, 5) is 25.7. The van der Waals surface area contributed by atoms with Gasteiger partial charge in [0.05, 0.1) is 5.56 Å². The number of ether oxygens (including phenoxy) is 1. The number of anilines is 1. The third-order valence-corrected chi connectivity index (χ3v) is 5.12. The Kier molecular flexibility index (Phi) is 7.43. The summed E-state index contributed by atoms with van der Waals surface area (Å²) >= 11 is 0. The van der Waals surface area contributed by atoms with Gasteiger partial charge in [0.2, 0.25) is 0 Å². The van der Waals surface area contributed by atoms with Crippen molar-refractivity contribution in [1.82, 2.24) is 14.3 Å². The monoisotopic (exact) mass is 480 g/mol. The Labute approximate surface area is 193 Å². The van der Waals surface area contributed by atoms with Crippen molar-refractivity contribution >= 4 is 11.6 Å². The molecule has 3 aromatic rings. The Bertz CT molecular complexity index is 1250. The number of carbonyl (C=O) groups excluding carboxylic acids is 1. The summed E-state index contributed by atoms with van der Waals surface area (Å²) in [6.07, 6.45) is -5.41. The van der Waals surface area contributed by atoms with Crippen LogP contribution in [-0.4, -0.2) is 39.5 Å². The first-order valence-electron chi connectivity index (χ1n) is 10.4. The molecule has 7 nitrogen and oxygen atoms in total. The molecule has 2 aromatic carbocycles. The lowest BCUT2D eigenvalue weighted by atomic mass is 10.1. The van der Waals surface area contributed by atoms with Crippen LogP contribution in [0.5, 0.6) is 5.75 Å². The number of alkyl halides is 3. The maximum Gasteiger partial charge on any atom is 0.351 e. The third kappa shape index (κ3) is 4.97. The van der Waals surface area contributed by atoms with Crippen LogP contribution in [0.1, 0.15) is 41.6 Å². The summed E-state index contributed by atoms with van der Waals surface area (Å²) < 4.78 is 61.9. The molecule has 0 unspecified atom stereocenters. The van der Waals surface area contributed by atoms with Gasteiger partial charge < -0.3 is 10.1 Å². The van der Waals surface area contributed by atoms with Crippen LogP contribution in [0.25, 0.3) is 5.69 Å². The van der Waals surface area contributed by atoms with Crippen molar-refractivity contribution in [3.05, 3.63) is 69.7 Å². The van der Waals surface area contributed by atoms with Crippen molar-refractivity contribution in [3.63, 3.8) is 0 Å². The number of benzene rings is 2. The van der Waals surface area contributed by atoms with Gasteiger partial charge in [0, 0.05) is 17.8 Å². The average Bonchev–Trinajstić information content (AvgIpc) is 3.07. The molecule has 1 heterocycles. The van der Waals surface area contributed by atoms with Gasteiger partial charge in [-0.25, -0.2) is 22.4 Å². The molecule has 0 fully saturated rings. The number of halogens is 4. The molecule has 0 saturated heterocycles. The average molecular weight is 480 g/mol. The zero-order valence-electron chi connectivity index (χ0n) is 19.0. The molecule has 0 aliphatic heterocycles. The number of rotatable bonds is 8. The molecule has 1 atom stereocenters. The summed E-state index contributed by atoms with van der Waals surface area (Å²) in [5, 5.41) is 6.60. The number of nitrogens with zero attached hydrogens (tertiary/aromatic N) is 3. The van der Waals surface area contributed by atoms with Gasteiger partial charge in [-0.2, -0.15) is 9.78 Å². The highest BCUT2D eigenvalue weighted by molar-refractivity contribution is 6.06. The summed E-state index contributed by atoms with van der Waals surface area (Å²) in [5.74, 6) is -2.11. The van der Waals surface area contributed by atoms with Crippen LogP contribution in [0.3, 0.4) is 0 Å². The SMILES string of the molecule is Cc1ccccc1NC(=O)c1cc(F)c(-n2nc(C)n(C(C)C)c2=O)cc1O[C@@H](CF)C(F)F. The van der Waals surface area contributed by atoms with Crippen molar-refractivity contribution < 1.29 is 27.1 Å². The van der Waals surface area contributed by atoms with E-state index >= 15 is 4.39 Å². The molecule has 1 N–H and O–H groups in total. The first-order chi connectivity index (χ1) is 16.0. The second-order valence-electron chi connectivity index (χ2n) is 7.92. The zero-order chi connectivity index (χ0) is 25.2. The lowest BCUT2D eigenvalue weighted by molar-refractivity contribution is -0.00158. The van der Waals surface area contributed by atoms with Crippen molar-refractivity contribution in [2.45, 2.75) is 46.3 Å². The summed E-state index contributed by atoms with van der Waals surface area (Å²) in [6, 6.07) is 8.10. The summed E-state index contributed by atoms with van der Waals surface area (Å²) in [5.41, 5.74) is -0.448. The molecular weight excluding hydrogens is 456 g/mol. The van der Waals surface area contributed by atoms with Crippen molar-refractivity contribution in [1.29, 1.82) is 0 Å². The van der Waals surface area contributed by atoms with Gasteiger partial charge in [-0.15, -0.1) is 0 Å². The fourth-order valence-corrected chi connectivity index (χ4v) is 3.42. The van der Waals surface area contributed by atoms with Crippen molar-refractivity contribution in [2.75, 3.05) is 12.0 Å². The van der Waals surface area contributed by atoms with Crippen LogP contribution in [0.4, 0.5) is 23.2 Å². The molecule has 3 rings (SSSR count). The maximum absolute atomic E-state index is 15.1. The van der Waals surface area contributed by atoms with Crippen molar-refractivity contribution in [2.24, 2.45) is 0 Å². The Morgan fingerprint density at radius 2 is 1.85 bits per heavy atom. The molecular formula is C23H24F4N4O3. The van der Waals surface area contributed by atoms with Crippen LogP contribution < -0.4 is 15.7 Å². The number of hydrogen-bond acceptors (Lipinski definition) is 4. The van der Waals surface area contributed by atoms with E-state index in [0.29, 0.717) is 11.3 Å². The van der Waals surface area contributed by atoms with Crippen LogP contribution in [0.15, 0.2) is 41.2 Å². The molecule has 0 bridgehead atoms. The van der Waals surface area contributed by atoms with Gasteiger partial charge in [0.1, 0.15) is 29.8 Å². The second-order valence-corrected chi connectivity index (χ2v) is 7.92. The lowest BCUT2D eigenvalue weighted by Gasteiger charge is -2.19. The minimum Gasteiger partial charge on any atom is -0.481 e. The van der Waals surface area contributed by atoms with Crippen LogP contribution in [0, 0.1) is 19.7 Å². The van der Waals surface area contributed by atoms with Gasteiger partial charge in [0.25, 0.3) is 12.3 Å². The van der Waals surface area contributed by atoms with E-state index in [9.17, 15) is 22.8 Å². The summed E-state index contributed by atoms with van der Waals surface area (Å²) in [7, 11) is 0. The minimum absolute atomic E-state index is 0.283. The molecule has 1 amide bonds. The first kappa shape index (κ1) is 25.0. The molecule has 0 spiro atoms. The Balaban J connectivity index is 2.14. The number of nitrogens with one attached hydrogen (secondary N) is 1. The van der Waals surface area contributed by atoms with Gasteiger partial charge in [-0.05, 0) is 45.4 Å². The van der Waals surface area contributed by atoms with E-state index in [1.54, 1.807) is 52.0 Å². The highest BCUT2D eigenvalue weighted by Crippen LogP contribution is 2.29. The van der Waals surface area contributed by atoms with Crippen molar-refractivity contribution in [3.8, 4) is 11.4 Å².